The summed E-state index contributed by atoms with van der Waals surface area (Å²) in [6.45, 7) is 2.11. The number of rotatable bonds is 1. The third-order valence-electron chi connectivity index (χ3n) is 3.83. The quantitative estimate of drug-likeness (QED) is 0.571. The number of hydrogen-bond acceptors (Lipinski definition) is 3. The second-order valence-electron chi connectivity index (χ2n) is 4.86. The van der Waals surface area contributed by atoms with Gasteiger partial charge >= 0.3 is 0 Å². The normalized spacial score (nSPS) is 11.5. The van der Waals surface area contributed by atoms with Crippen molar-refractivity contribution in [1.29, 1.82) is 0 Å². The summed E-state index contributed by atoms with van der Waals surface area (Å²) in [5.74, 6) is 0.658. The van der Waals surface area contributed by atoms with Gasteiger partial charge in [0, 0.05) is 28.6 Å². The van der Waals surface area contributed by atoms with Crippen LogP contribution in [0, 0.1) is 6.92 Å². The van der Waals surface area contributed by atoms with E-state index in [0.717, 1.165) is 32.7 Å². The Balaban J connectivity index is 2.28. The molecule has 0 saturated heterocycles. The highest BCUT2D eigenvalue weighted by Crippen LogP contribution is 2.34. The van der Waals surface area contributed by atoms with Crippen molar-refractivity contribution in [2.45, 2.75) is 6.92 Å². The largest absolute Gasteiger partial charge is 0.481 e. The van der Waals surface area contributed by atoms with Crippen molar-refractivity contribution < 1.29 is 4.74 Å². The molecular formula is C16H13N3O. The van der Waals surface area contributed by atoms with Crippen molar-refractivity contribution in [1.82, 2.24) is 15.0 Å². The van der Waals surface area contributed by atoms with Crippen LogP contribution in [0.5, 0.6) is 5.88 Å². The molecule has 1 N–H and O–H groups in total. The lowest BCUT2D eigenvalue weighted by atomic mass is 10.0. The Bertz CT molecular complexity index is 956. The zero-order chi connectivity index (χ0) is 13.7. The van der Waals surface area contributed by atoms with E-state index in [1.165, 1.54) is 5.56 Å². The summed E-state index contributed by atoms with van der Waals surface area (Å²) in [5, 5.41) is 4.46. The SMILES string of the molecule is COc1nccc2c(C)c3[nH]c4ncccc4c3cc12. The van der Waals surface area contributed by atoms with E-state index < -0.39 is 0 Å². The van der Waals surface area contributed by atoms with Gasteiger partial charge < -0.3 is 9.72 Å². The molecule has 3 aromatic heterocycles. The van der Waals surface area contributed by atoms with Gasteiger partial charge in [-0.25, -0.2) is 9.97 Å². The monoisotopic (exact) mass is 263 g/mol. The first-order valence-corrected chi connectivity index (χ1v) is 6.48. The van der Waals surface area contributed by atoms with Gasteiger partial charge in [0.1, 0.15) is 5.65 Å². The van der Waals surface area contributed by atoms with Crippen molar-refractivity contribution in [2.24, 2.45) is 0 Å². The highest BCUT2D eigenvalue weighted by molar-refractivity contribution is 6.13. The summed E-state index contributed by atoms with van der Waals surface area (Å²) in [6, 6.07) is 8.18. The number of benzene rings is 1. The standard InChI is InChI=1S/C16H13N3O/c1-9-10-5-7-18-16(20-2)13(10)8-12-11-4-3-6-17-15(11)19-14(9)12/h3-8H,1-2H3,(H,17,19). The molecule has 0 fully saturated rings. The maximum absolute atomic E-state index is 5.38. The lowest BCUT2D eigenvalue weighted by Gasteiger charge is -2.07. The minimum Gasteiger partial charge on any atom is -0.481 e. The molecular weight excluding hydrogens is 250 g/mol. The average molecular weight is 263 g/mol. The average Bonchev–Trinajstić information content (AvgIpc) is 2.86. The minimum absolute atomic E-state index is 0.658. The number of nitrogens with zero attached hydrogens (tertiary/aromatic N) is 2. The first-order valence-electron chi connectivity index (χ1n) is 6.48. The molecule has 4 nitrogen and oxygen atoms in total. The van der Waals surface area contributed by atoms with E-state index in [9.17, 15) is 0 Å². The highest BCUT2D eigenvalue weighted by Gasteiger charge is 2.12. The van der Waals surface area contributed by atoms with Gasteiger partial charge in [-0.15, -0.1) is 0 Å². The summed E-state index contributed by atoms with van der Waals surface area (Å²) in [4.78, 5) is 12.1. The Hall–Kier alpha value is -2.62. The van der Waals surface area contributed by atoms with E-state index in [1.807, 2.05) is 12.1 Å². The van der Waals surface area contributed by atoms with Crippen LogP contribution in [0.1, 0.15) is 5.56 Å². The van der Waals surface area contributed by atoms with E-state index in [1.54, 1.807) is 19.5 Å². The zero-order valence-corrected chi connectivity index (χ0v) is 11.3. The number of nitrogens with one attached hydrogen (secondary N) is 1. The van der Waals surface area contributed by atoms with Crippen LogP contribution < -0.4 is 4.74 Å². The topological polar surface area (TPSA) is 50.8 Å². The molecule has 0 unspecified atom stereocenters. The molecule has 0 aliphatic heterocycles. The van der Waals surface area contributed by atoms with Gasteiger partial charge in [-0.1, -0.05) is 0 Å². The molecule has 0 spiro atoms. The van der Waals surface area contributed by atoms with Gasteiger partial charge in [0.15, 0.2) is 0 Å². The number of fused-ring (bicyclic) bond motifs is 4. The fraction of sp³-hybridized carbons (Fsp3) is 0.125. The molecule has 0 amide bonds. The van der Waals surface area contributed by atoms with E-state index in [2.05, 4.69) is 34.0 Å². The fourth-order valence-corrected chi connectivity index (χ4v) is 2.85. The second kappa shape index (κ2) is 3.93. The van der Waals surface area contributed by atoms with Crippen molar-refractivity contribution in [2.75, 3.05) is 7.11 Å². The summed E-state index contributed by atoms with van der Waals surface area (Å²) in [7, 11) is 1.65. The molecule has 0 aliphatic rings. The van der Waals surface area contributed by atoms with E-state index in [0.29, 0.717) is 5.88 Å². The maximum atomic E-state index is 5.38. The van der Waals surface area contributed by atoms with Crippen molar-refractivity contribution in [3.63, 3.8) is 0 Å². The number of aryl methyl sites for hydroxylation is 1. The van der Waals surface area contributed by atoms with Gasteiger partial charge in [-0.2, -0.15) is 0 Å². The molecule has 3 heterocycles. The lowest BCUT2D eigenvalue weighted by molar-refractivity contribution is 0.403. The van der Waals surface area contributed by atoms with Gasteiger partial charge in [0.25, 0.3) is 0 Å². The highest BCUT2D eigenvalue weighted by atomic mass is 16.5. The molecule has 0 bridgehead atoms. The van der Waals surface area contributed by atoms with Crippen LogP contribution in [0.4, 0.5) is 0 Å². The van der Waals surface area contributed by atoms with Crippen molar-refractivity contribution in [3.05, 3.63) is 42.2 Å². The summed E-state index contributed by atoms with van der Waals surface area (Å²) >= 11 is 0. The molecule has 0 atom stereocenters. The molecule has 0 saturated carbocycles. The number of pyridine rings is 2. The molecule has 4 heteroatoms. The van der Waals surface area contributed by atoms with Gasteiger partial charge in [0.05, 0.1) is 12.6 Å². The number of aromatic nitrogens is 3. The van der Waals surface area contributed by atoms with Crippen LogP contribution in [0.3, 0.4) is 0 Å². The van der Waals surface area contributed by atoms with Crippen LogP contribution in [-0.2, 0) is 0 Å². The summed E-state index contributed by atoms with van der Waals surface area (Å²) < 4.78 is 5.38. The van der Waals surface area contributed by atoms with Crippen LogP contribution in [-0.4, -0.2) is 22.1 Å². The summed E-state index contributed by atoms with van der Waals surface area (Å²) in [6.07, 6.45) is 3.58. The van der Waals surface area contributed by atoms with Crippen molar-refractivity contribution in [3.8, 4) is 5.88 Å². The van der Waals surface area contributed by atoms with Gasteiger partial charge in [-0.3, -0.25) is 0 Å². The van der Waals surface area contributed by atoms with Gasteiger partial charge in [0.2, 0.25) is 5.88 Å². The fourth-order valence-electron chi connectivity index (χ4n) is 2.85. The van der Waals surface area contributed by atoms with E-state index >= 15 is 0 Å². The molecule has 0 radical (unpaired) electrons. The molecule has 98 valence electrons. The predicted molar refractivity (Wildman–Crippen MR) is 80.2 cm³/mol. The lowest BCUT2D eigenvalue weighted by Crippen LogP contribution is -1.90. The van der Waals surface area contributed by atoms with E-state index in [-0.39, 0.29) is 0 Å². The number of methoxy groups -OCH3 is 1. The third kappa shape index (κ3) is 1.36. The Labute approximate surface area is 115 Å². The van der Waals surface area contributed by atoms with Crippen LogP contribution in [0.25, 0.3) is 32.7 Å². The van der Waals surface area contributed by atoms with Crippen LogP contribution >= 0.6 is 0 Å². The Kier molecular flexibility index (Phi) is 2.21. The Morgan fingerprint density at radius 2 is 1.90 bits per heavy atom. The maximum Gasteiger partial charge on any atom is 0.221 e. The third-order valence-corrected chi connectivity index (χ3v) is 3.83. The Morgan fingerprint density at radius 3 is 2.75 bits per heavy atom. The molecule has 20 heavy (non-hydrogen) atoms. The van der Waals surface area contributed by atoms with Crippen molar-refractivity contribution >= 4 is 32.7 Å². The predicted octanol–water partition coefficient (Wildman–Crippen LogP) is 3.58. The number of hydrogen-bond donors (Lipinski definition) is 1. The molecule has 0 aliphatic carbocycles. The minimum atomic E-state index is 0.658. The zero-order valence-electron chi connectivity index (χ0n) is 11.3. The molecule has 4 aromatic rings. The molecule has 1 aromatic carbocycles. The number of aromatic amines is 1. The number of ether oxygens (including phenoxy) is 1. The second-order valence-corrected chi connectivity index (χ2v) is 4.86. The van der Waals surface area contributed by atoms with Crippen LogP contribution in [0.2, 0.25) is 0 Å². The summed E-state index contributed by atoms with van der Waals surface area (Å²) in [5.41, 5.74) is 3.23. The Morgan fingerprint density at radius 1 is 1.00 bits per heavy atom. The number of H-pyrrole nitrogens is 1. The smallest absolute Gasteiger partial charge is 0.221 e. The van der Waals surface area contributed by atoms with E-state index in [4.69, 9.17) is 4.74 Å². The molecule has 4 rings (SSSR count). The van der Waals surface area contributed by atoms with Crippen LogP contribution in [0.15, 0.2) is 36.7 Å². The first kappa shape index (κ1) is 11.2. The first-order chi connectivity index (χ1) is 9.79. The van der Waals surface area contributed by atoms with Gasteiger partial charge in [-0.05, 0) is 42.1 Å².